The minimum Gasteiger partial charge on any atom is -0.396 e. The van der Waals surface area contributed by atoms with E-state index in [2.05, 4.69) is 36.4 Å². The predicted octanol–water partition coefficient (Wildman–Crippen LogP) is 5.16. The molecule has 1 aliphatic rings. The largest absolute Gasteiger partial charge is 0.396 e. The Hall–Kier alpha value is -1.76. The molecule has 0 unspecified atom stereocenters. The lowest BCUT2D eigenvalue weighted by molar-refractivity contribution is -0.0600. The summed E-state index contributed by atoms with van der Waals surface area (Å²) in [6, 6.07) is 30.5. The van der Waals surface area contributed by atoms with Crippen molar-refractivity contribution in [1.82, 2.24) is 0 Å². The summed E-state index contributed by atoms with van der Waals surface area (Å²) in [5, 5.41) is 21.2. The van der Waals surface area contributed by atoms with Crippen molar-refractivity contribution in [2.45, 2.75) is 22.7 Å². The van der Waals surface area contributed by atoms with Gasteiger partial charge in [0, 0.05) is 5.92 Å². The summed E-state index contributed by atoms with van der Waals surface area (Å²) in [5.41, 5.74) is 2.15. The number of hydrogen-bond acceptors (Lipinski definition) is 5. The molecule has 5 heteroatoms. The maximum atomic E-state index is 11.2. The van der Waals surface area contributed by atoms with Crippen molar-refractivity contribution in [1.29, 1.82) is 0 Å². The first-order valence-corrected chi connectivity index (χ1v) is 13.2. The van der Waals surface area contributed by atoms with Crippen LogP contribution >= 0.6 is 23.5 Å². The number of ether oxygens (including phenoxy) is 1. The Kier molecular flexibility index (Phi) is 8.33. The number of hydrogen-bond donors (Lipinski definition) is 2. The van der Waals surface area contributed by atoms with Crippen molar-refractivity contribution in [3.05, 3.63) is 108 Å². The fourth-order valence-electron chi connectivity index (χ4n) is 4.24. The van der Waals surface area contributed by atoms with Crippen molar-refractivity contribution in [2.75, 3.05) is 24.7 Å². The minimum absolute atomic E-state index is 0.0514. The second kappa shape index (κ2) is 11.4. The van der Waals surface area contributed by atoms with Crippen LogP contribution in [-0.4, -0.2) is 45.6 Å². The molecule has 3 nitrogen and oxygen atoms in total. The van der Waals surface area contributed by atoms with E-state index in [9.17, 15) is 10.2 Å². The van der Waals surface area contributed by atoms with E-state index in [0.717, 1.165) is 28.2 Å². The first-order valence-electron chi connectivity index (χ1n) is 11.1. The van der Waals surface area contributed by atoms with E-state index in [4.69, 9.17) is 4.74 Å². The Balaban J connectivity index is 1.71. The van der Waals surface area contributed by atoms with Crippen LogP contribution in [0.2, 0.25) is 0 Å². The Bertz CT molecular complexity index is 834. The zero-order valence-electron chi connectivity index (χ0n) is 18.0. The molecule has 32 heavy (non-hydrogen) atoms. The molecule has 0 amide bonds. The molecule has 1 saturated heterocycles. The van der Waals surface area contributed by atoms with Crippen LogP contribution in [0, 0.1) is 5.92 Å². The molecule has 1 aliphatic heterocycles. The second-order valence-corrected chi connectivity index (χ2v) is 10.8. The van der Waals surface area contributed by atoms with Crippen LogP contribution in [0.3, 0.4) is 0 Å². The van der Waals surface area contributed by atoms with Gasteiger partial charge in [-0.15, -0.1) is 23.5 Å². The van der Waals surface area contributed by atoms with Gasteiger partial charge in [0.15, 0.2) is 0 Å². The van der Waals surface area contributed by atoms with Crippen molar-refractivity contribution in [2.24, 2.45) is 5.92 Å². The van der Waals surface area contributed by atoms with E-state index in [-0.39, 0.29) is 23.7 Å². The number of aliphatic hydroxyl groups is 2. The molecule has 2 atom stereocenters. The molecule has 1 heterocycles. The van der Waals surface area contributed by atoms with Gasteiger partial charge >= 0.3 is 0 Å². The normalized spacial score (nSPS) is 17.1. The van der Waals surface area contributed by atoms with E-state index in [1.165, 1.54) is 6.42 Å². The fourth-order valence-corrected chi connectivity index (χ4v) is 7.51. The third-order valence-corrected chi connectivity index (χ3v) is 9.14. The van der Waals surface area contributed by atoms with E-state index < -0.39 is 11.7 Å². The topological polar surface area (TPSA) is 49.7 Å². The third-order valence-electron chi connectivity index (χ3n) is 5.92. The summed E-state index contributed by atoms with van der Waals surface area (Å²) in [5.74, 6) is 1.92. The van der Waals surface area contributed by atoms with Crippen molar-refractivity contribution >= 4 is 23.5 Å². The van der Waals surface area contributed by atoms with Gasteiger partial charge in [0.25, 0.3) is 0 Å². The zero-order chi connectivity index (χ0) is 22.2. The average Bonchev–Trinajstić information content (AvgIpc) is 2.87. The lowest BCUT2D eigenvalue weighted by Gasteiger charge is -2.38. The zero-order valence-corrected chi connectivity index (χ0v) is 19.7. The van der Waals surface area contributed by atoms with Gasteiger partial charge in [-0.1, -0.05) is 91.0 Å². The van der Waals surface area contributed by atoms with Gasteiger partial charge in [0.05, 0.1) is 23.9 Å². The van der Waals surface area contributed by atoms with Crippen LogP contribution in [0.5, 0.6) is 0 Å². The Morgan fingerprint density at radius 1 is 0.781 bits per heavy atom. The molecule has 0 aromatic heterocycles. The summed E-state index contributed by atoms with van der Waals surface area (Å²) in [7, 11) is 0. The first kappa shape index (κ1) is 23.4. The molecule has 3 aromatic rings. The predicted molar refractivity (Wildman–Crippen MR) is 135 cm³/mol. The number of thioether (sulfide) groups is 2. The van der Waals surface area contributed by atoms with Crippen molar-refractivity contribution < 1.29 is 14.9 Å². The molecule has 0 saturated carbocycles. The maximum Gasteiger partial charge on any atom is 0.143 e. The van der Waals surface area contributed by atoms with Crippen LogP contribution in [-0.2, 0) is 10.3 Å². The highest BCUT2D eigenvalue weighted by atomic mass is 32.2. The van der Waals surface area contributed by atoms with Crippen LogP contribution in [0.25, 0.3) is 0 Å². The SMILES string of the molecule is OC[C@H](C1SCCCS1)[C@H](O)COC(c1ccccc1)(c1ccccc1)c1ccccc1. The first-order chi connectivity index (χ1) is 15.8. The van der Waals surface area contributed by atoms with Gasteiger partial charge < -0.3 is 14.9 Å². The summed E-state index contributed by atoms with van der Waals surface area (Å²) in [6.07, 6.45) is 0.411. The standard InChI is InChI=1S/C27H30O3S2/c28-19-24(26-31-17-10-18-32-26)25(29)20-30-27(21-11-4-1-5-12-21,22-13-6-2-7-14-22)23-15-8-3-9-16-23/h1-9,11-16,24-26,28-29H,10,17-20H2/t24-,25+/m0/s1. The average molecular weight is 467 g/mol. The Labute approximate surface area is 199 Å². The van der Waals surface area contributed by atoms with E-state index in [0.29, 0.717) is 0 Å². The lowest BCUT2D eigenvalue weighted by atomic mass is 9.80. The molecule has 2 N–H and O–H groups in total. The van der Waals surface area contributed by atoms with Crippen LogP contribution in [0.15, 0.2) is 91.0 Å². The van der Waals surface area contributed by atoms with Gasteiger partial charge in [-0.2, -0.15) is 0 Å². The molecular formula is C27H30O3S2. The maximum absolute atomic E-state index is 11.2. The van der Waals surface area contributed by atoms with E-state index >= 15 is 0 Å². The molecule has 3 aromatic carbocycles. The van der Waals surface area contributed by atoms with Gasteiger partial charge in [0.1, 0.15) is 5.60 Å². The van der Waals surface area contributed by atoms with Crippen molar-refractivity contribution in [3.8, 4) is 0 Å². The number of rotatable bonds is 9. The Morgan fingerprint density at radius 3 is 1.62 bits per heavy atom. The number of benzene rings is 3. The summed E-state index contributed by atoms with van der Waals surface area (Å²) in [6.45, 7) is 0.0751. The molecular weight excluding hydrogens is 436 g/mol. The molecule has 4 rings (SSSR count). The highest BCUT2D eigenvalue weighted by Crippen LogP contribution is 2.42. The summed E-state index contributed by atoms with van der Waals surface area (Å²) in [4.78, 5) is 0. The molecule has 0 radical (unpaired) electrons. The Morgan fingerprint density at radius 2 is 1.22 bits per heavy atom. The highest BCUT2D eigenvalue weighted by Gasteiger charge is 2.39. The van der Waals surface area contributed by atoms with E-state index in [1.807, 2.05) is 78.1 Å². The smallest absolute Gasteiger partial charge is 0.143 e. The highest BCUT2D eigenvalue weighted by molar-refractivity contribution is 8.17. The monoisotopic (exact) mass is 466 g/mol. The van der Waals surface area contributed by atoms with Crippen molar-refractivity contribution in [3.63, 3.8) is 0 Å². The summed E-state index contributed by atoms with van der Waals surface area (Å²) >= 11 is 3.67. The quantitative estimate of drug-likeness (QED) is 0.427. The third kappa shape index (κ3) is 5.08. The molecule has 168 valence electrons. The molecule has 1 fully saturated rings. The fraction of sp³-hybridized carbons (Fsp3) is 0.333. The van der Waals surface area contributed by atoms with E-state index in [1.54, 1.807) is 0 Å². The second-order valence-electron chi connectivity index (χ2n) is 7.97. The minimum atomic E-state index is -0.863. The van der Waals surface area contributed by atoms with Gasteiger partial charge in [-0.05, 0) is 34.6 Å². The lowest BCUT2D eigenvalue weighted by Crippen LogP contribution is -2.40. The summed E-state index contributed by atoms with van der Waals surface area (Å²) < 4.78 is 6.93. The number of aliphatic hydroxyl groups excluding tert-OH is 2. The van der Waals surface area contributed by atoms with Crippen LogP contribution < -0.4 is 0 Å². The molecule has 0 aliphatic carbocycles. The van der Waals surface area contributed by atoms with Gasteiger partial charge in [-0.3, -0.25) is 0 Å². The molecule has 0 bridgehead atoms. The molecule has 0 spiro atoms. The van der Waals surface area contributed by atoms with Gasteiger partial charge in [0.2, 0.25) is 0 Å². The van der Waals surface area contributed by atoms with Crippen LogP contribution in [0.4, 0.5) is 0 Å². The van der Waals surface area contributed by atoms with Crippen LogP contribution in [0.1, 0.15) is 23.1 Å². The van der Waals surface area contributed by atoms with Gasteiger partial charge in [-0.25, -0.2) is 0 Å².